The lowest BCUT2D eigenvalue weighted by Crippen LogP contribution is -2.05. The van der Waals surface area contributed by atoms with E-state index in [1.54, 1.807) is 6.07 Å². The number of hydrogen-bond acceptors (Lipinski definition) is 6. The van der Waals surface area contributed by atoms with Crippen molar-refractivity contribution in [2.24, 2.45) is 11.0 Å². The summed E-state index contributed by atoms with van der Waals surface area (Å²) in [6, 6.07) is 9.27. The van der Waals surface area contributed by atoms with Gasteiger partial charge in [0.2, 0.25) is 5.13 Å². The van der Waals surface area contributed by atoms with Crippen molar-refractivity contribution in [2.45, 2.75) is 19.3 Å². The van der Waals surface area contributed by atoms with Crippen molar-refractivity contribution in [1.82, 2.24) is 4.98 Å². The second kappa shape index (κ2) is 7.03. The maximum Gasteiger partial charge on any atom is 0.345 e. The summed E-state index contributed by atoms with van der Waals surface area (Å²) in [4.78, 5) is 16.7. The van der Waals surface area contributed by atoms with Gasteiger partial charge in [0, 0.05) is 17.0 Å². The zero-order valence-electron chi connectivity index (χ0n) is 13.5. The van der Waals surface area contributed by atoms with Gasteiger partial charge in [0.1, 0.15) is 5.58 Å². The summed E-state index contributed by atoms with van der Waals surface area (Å²) >= 11 is 1.41. The second-order valence-corrected chi connectivity index (χ2v) is 6.82. The first-order chi connectivity index (χ1) is 12.3. The average Bonchev–Trinajstić information content (AvgIpc) is 3.11. The van der Waals surface area contributed by atoms with Crippen LogP contribution in [0.4, 0.5) is 5.13 Å². The summed E-state index contributed by atoms with van der Waals surface area (Å²) in [6.45, 7) is 0. The molecule has 0 aliphatic heterocycles. The highest BCUT2D eigenvalue weighted by Crippen LogP contribution is 2.25. The van der Waals surface area contributed by atoms with Crippen LogP contribution in [0.2, 0.25) is 0 Å². The van der Waals surface area contributed by atoms with Crippen molar-refractivity contribution in [3.8, 4) is 11.3 Å². The highest BCUT2D eigenvalue weighted by atomic mass is 32.1. The van der Waals surface area contributed by atoms with E-state index in [0.29, 0.717) is 27.9 Å². The number of fused-ring (bicyclic) bond motifs is 1. The minimum atomic E-state index is -0.381. The first-order valence-electron chi connectivity index (χ1n) is 8.22. The maximum atomic E-state index is 12.2. The van der Waals surface area contributed by atoms with Gasteiger partial charge in [-0.05, 0) is 37.3 Å². The number of rotatable bonds is 4. The van der Waals surface area contributed by atoms with E-state index < -0.39 is 0 Å². The molecule has 0 bridgehead atoms. The molecule has 1 N–H and O–H groups in total. The van der Waals surface area contributed by atoms with E-state index >= 15 is 0 Å². The number of benzene rings is 1. The molecule has 1 atom stereocenters. The molecule has 0 spiro atoms. The molecule has 0 fully saturated rings. The van der Waals surface area contributed by atoms with Gasteiger partial charge in [0.25, 0.3) is 0 Å². The number of para-hydroxylation sites is 1. The Morgan fingerprint density at radius 2 is 2.24 bits per heavy atom. The lowest BCUT2D eigenvalue weighted by atomic mass is 9.96. The van der Waals surface area contributed by atoms with Gasteiger partial charge in [-0.1, -0.05) is 30.4 Å². The number of hydrazone groups is 1. The topological polar surface area (TPSA) is 67.5 Å². The summed E-state index contributed by atoms with van der Waals surface area (Å²) in [7, 11) is 0. The summed E-state index contributed by atoms with van der Waals surface area (Å²) in [6.07, 6.45) is 9.61. The van der Waals surface area contributed by atoms with Gasteiger partial charge < -0.3 is 4.42 Å². The number of nitrogens with one attached hydrogen (secondary N) is 1. The van der Waals surface area contributed by atoms with Gasteiger partial charge in [-0.15, -0.1) is 11.3 Å². The Bertz CT molecular complexity index is 1000. The molecular formula is C19H17N3O2S. The molecule has 1 aliphatic carbocycles. The molecule has 1 aromatic carbocycles. The van der Waals surface area contributed by atoms with Crippen LogP contribution in [0.1, 0.15) is 19.3 Å². The van der Waals surface area contributed by atoms with Crippen molar-refractivity contribution in [3.63, 3.8) is 0 Å². The zero-order valence-corrected chi connectivity index (χ0v) is 14.3. The molecule has 2 heterocycles. The van der Waals surface area contributed by atoms with Gasteiger partial charge in [0.15, 0.2) is 0 Å². The maximum absolute atomic E-state index is 12.2. The van der Waals surface area contributed by atoms with Crippen molar-refractivity contribution >= 4 is 33.7 Å². The zero-order chi connectivity index (χ0) is 17.1. The van der Waals surface area contributed by atoms with Crippen LogP contribution in [-0.2, 0) is 0 Å². The van der Waals surface area contributed by atoms with E-state index in [2.05, 4.69) is 27.7 Å². The number of allylic oxidation sites excluding steroid dienone is 2. The number of anilines is 1. The highest BCUT2D eigenvalue weighted by Gasteiger charge is 2.11. The molecule has 0 radical (unpaired) electrons. The molecule has 4 rings (SSSR count). The standard InChI is InChI=1S/C19H17N3O2S/c23-18-15(10-14-8-4-5-9-17(14)24-18)16-12-25-19(21-16)22-20-11-13-6-2-1-3-7-13/h1-2,4-5,8-13H,3,6-7H2,(H,21,22)/b20-11-/t13-/m0/s1. The molecular weight excluding hydrogens is 334 g/mol. The Kier molecular flexibility index (Phi) is 4.43. The SMILES string of the molecule is O=c1oc2ccccc2cc1-c1csc(N/N=C\[C@H]2CC=CCC2)n1. The van der Waals surface area contributed by atoms with E-state index in [9.17, 15) is 4.79 Å². The van der Waals surface area contributed by atoms with Crippen molar-refractivity contribution in [1.29, 1.82) is 0 Å². The largest absolute Gasteiger partial charge is 0.422 e. The smallest absolute Gasteiger partial charge is 0.345 e. The molecule has 3 aromatic rings. The number of hydrogen-bond donors (Lipinski definition) is 1. The minimum absolute atomic E-state index is 0.381. The minimum Gasteiger partial charge on any atom is -0.422 e. The van der Waals surface area contributed by atoms with E-state index in [1.165, 1.54) is 11.3 Å². The molecule has 126 valence electrons. The third-order valence-electron chi connectivity index (χ3n) is 4.18. The molecule has 0 amide bonds. The molecule has 0 unspecified atom stereocenters. The van der Waals surface area contributed by atoms with E-state index in [1.807, 2.05) is 35.9 Å². The fourth-order valence-electron chi connectivity index (χ4n) is 2.84. The number of thiazole rings is 1. The predicted octanol–water partition coefficient (Wildman–Crippen LogP) is 4.67. The van der Waals surface area contributed by atoms with Crippen LogP contribution in [-0.4, -0.2) is 11.2 Å². The average molecular weight is 351 g/mol. The van der Waals surface area contributed by atoms with Gasteiger partial charge in [-0.3, -0.25) is 5.43 Å². The lowest BCUT2D eigenvalue weighted by molar-refractivity contribution is 0.563. The Labute approximate surface area is 148 Å². The molecule has 2 aromatic heterocycles. The third kappa shape index (κ3) is 3.53. The lowest BCUT2D eigenvalue weighted by Gasteiger charge is -2.11. The second-order valence-electron chi connectivity index (χ2n) is 5.96. The van der Waals surface area contributed by atoms with Crippen LogP contribution >= 0.6 is 11.3 Å². The van der Waals surface area contributed by atoms with Crippen molar-refractivity contribution < 1.29 is 4.42 Å². The Morgan fingerprint density at radius 1 is 1.32 bits per heavy atom. The van der Waals surface area contributed by atoms with Crippen LogP contribution in [0.25, 0.3) is 22.2 Å². The molecule has 25 heavy (non-hydrogen) atoms. The molecule has 6 heteroatoms. The third-order valence-corrected chi connectivity index (χ3v) is 4.92. The van der Waals surface area contributed by atoms with Crippen LogP contribution < -0.4 is 11.1 Å². The van der Waals surface area contributed by atoms with Gasteiger partial charge >= 0.3 is 5.63 Å². The fourth-order valence-corrected chi connectivity index (χ4v) is 3.50. The van der Waals surface area contributed by atoms with Gasteiger partial charge in [0.05, 0.1) is 11.3 Å². The Morgan fingerprint density at radius 3 is 3.12 bits per heavy atom. The summed E-state index contributed by atoms with van der Waals surface area (Å²) in [5.74, 6) is 0.476. The fraction of sp³-hybridized carbons (Fsp3) is 0.211. The van der Waals surface area contributed by atoms with Crippen molar-refractivity contribution in [3.05, 3.63) is 58.3 Å². The molecule has 5 nitrogen and oxygen atoms in total. The predicted molar refractivity (Wildman–Crippen MR) is 102 cm³/mol. The van der Waals surface area contributed by atoms with Gasteiger partial charge in [-0.2, -0.15) is 5.10 Å². The molecule has 0 saturated carbocycles. The molecule has 0 saturated heterocycles. The van der Waals surface area contributed by atoms with Crippen LogP contribution in [0.3, 0.4) is 0 Å². The van der Waals surface area contributed by atoms with Crippen LogP contribution in [0, 0.1) is 5.92 Å². The first-order valence-corrected chi connectivity index (χ1v) is 9.10. The quantitative estimate of drug-likeness (QED) is 0.321. The van der Waals surface area contributed by atoms with E-state index in [-0.39, 0.29) is 5.63 Å². The summed E-state index contributed by atoms with van der Waals surface area (Å²) in [5.41, 5.74) is 4.22. The van der Waals surface area contributed by atoms with E-state index in [0.717, 1.165) is 24.6 Å². The highest BCUT2D eigenvalue weighted by molar-refractivity contribution is 7.14. The summed E-state index contributed by atoms with van der Waals surface area (Å²) < 4.78 is 5.37. The monoisotopic (exact) mass is 351 g/mol. The van der Waals surface area contributed by atoms with Gasteiger partial charge in [-0.25, -0.2) is 9.78 Å². The van der Waals surface area contributed by atoms with Crippen LogP contribution in [0.15, 0.2) is 62.2 Å². The van der Waals surface area contributed by atoms with Crippen LogP contribution in [0.5, 0.6) is 0 Å². The summed E-state index contributed by atoms with van der Waals surface area (Å²) in [5, 5.41) is 7.65. The van der Waals surface area contributed by atoms with Crippen molar-refractivity contribution in [2.75, 3.05) is 5.43 Å². The number of nitrogens with zero attached hydrogens (tertiary/aromatic N) is 2. The Hall–Kier alpha value is -2.73. The number of aromatic nitrogens is 1. The normalized spacial score (nSPS) is 17.4. The Balaban J connectivity index is 1.53. The molecule has 1 aliphatic rings. The van der Waals surface area contributed by atoms with E-state index in [4.69, 9.17) is 4.42 Å². The first kappa shape index (κ1) is 15.8.